The van der Waals surface area contributed by atoms with Crippen LogP contribution in [0.5, 0.6) is 0 Å². The molecule has 19 heavy (non-hydrogen) atoms. The average Bonchev–Trinajstić information content (AvgIpc) is 3.02. The number of aromatic nitrogens is 2. The summed E-state index contributed by atoms with van der Waals surface area (Å²) < 4.78 is 19.0. The van der Waals surface area contributed by atoms with E-state index in [1.807, 2.05) is 0 Å². The quantitative estimate of drug-likeness (QED) is 0.922. The van der Waals surface area contributed by atoms with E-state index < -0.39 is 0 Å². The molecule has 1 unspecified atom stereocenters. The first kappa shape index (κ1) is 12.7. The van der Waals surface area contributed by atoms with Crippen LogP contribution in [0.4, 0.5) is 4.39 Å². The highest BCUT2D eigenvalue weighted by Crippen LogP contribution is 2.31. The van der Waals surface area contributed by atoms with E-state index in [9.17, 15) is 4.39 Å². The predicted octanol–water partition coefficient (Wildman–Crippen LogP) is 2.89. The summed E-state index contributed by atoms with van der Waals surface area (Å²) in [6, 6.07) is 4.68. The van der Waals surface area contributed by atoms with Gasteiger partial charge in [0.25, 0.3) is 0 Å². The zero-order valence-electron chi connectivity index (χ0n) is 10.4. The van der Waals surface area contributed by atoms with Gasteiger partial charge < -0.3 is 9.84 Å². The Morgan fingerprint density at radius 3 is 3.00 bits per heavy atom. The Labute approximate surface area is 118 Å². The Balaban J connectivity index is 1.94. The molecule has 1 aromatic carbocycles. The lowest BCUT2D eigenvalue weighted by molar-refractivity contribution is 0.306. The first-order chi connectivity index (χ1) is 9.08. The number of nitrogens with zero attached hydrogens (tertiary/aromatic N) is 2. The Morgan fingerprint density at radius 1 is 1.47 bits per heavy atom. The van der Waals surface area contributed by atoms with Gasteiger partial charge >= 0.3 is 0 Å². The molecule has 2 aromatic rings. The lowest BCUT2D eigenvalue weighted by Gasteiger charge is -2.15. The summed E-state index contributed by atoms with van der Waals surface area (Å²) in [4.78, 5) is 4.44. The van der Waals surface area contributed by atoms with Crippen molar-refractivity contribution in [2.75, 3.05) is 13.1 Å². The number of benzene rings is 1. The van der Waals surface area contributed by atoms with Crippen LogP contribution < -0.4 is 5.32 Å². The van der Waals surface area contributed by atoms with Crippen LogP contribution in [0.25, 0.3) is 11.4 Å². The molecule has 0 aliphatic carbocycles. The maximum absolute atomic E-state index is 13.2. The van der Waals surface area contributed by atoms with Gasteiger partial charge in [-0.25, -0.2) is 4.39 Å². The minimum atomic E-state index is -0.306. The van der Waals surface area contributed by atoms with Gasteiger partial charge in [-0.2, -0.15) is 4.98 Å². The van der Waals surface area contributed by atoms with Crippen molar-refractivity contribution in [3.8, 4) is 11.4 Å². The lowest BCUT2D eigenvalue weighted by atomic mass is 9.90. The third-order valence-electron chi connectivity index (χ3n) is 3.49. The molecule has 6 heteroatoms. The van der Waals surface area contributed by atoms with Gasteiger partial charge in [0.15, 0.2) is 0 Å². The predicted molar refractivity (Wildman–Crippen MR) is 72.2 cm³/mol. The van der Waals surface area contributed by atoms with Crippen molar-refractivity contribution in [3.05, 3.63) is 34.4 Å². The molecule has 0 saturated carbocycles. The standard InChI is InChI=1S/C13H13BrFN3O/c1-13(4-5-16-7-13)12-17-11(18-19-12)8-2-3-10(15)9(14)6-8/h2-3,6,16H,4-5,7H2,1H3. The number of rotatable bonds is 2. The topological polar surface area (TPSA) is 51.0 Å². The van der Waals surface area contributed by atoms with Gasteiger partial charge in [0.2, 0.25) is 11.7 Å². The molecule has 0 spiro atoms. The Morgan fingerprint density at radius 2 is 2.32 bits per heavy atom. The van der Waals surface area contributed by atoms with Crippen LogP contribution >= 0.6 is 15.9 Å². The van der Waals surface area contributed by atoms with Crippen molar-refractivity contribution >= 4 is 15.9 Å². The molecule has 100 valence electrons. The second kappa shape index (κ2) is 4.68. The molecule has 2 heterocycles. The molecule has 0 amide bonds. The Kier molecular flexibility index (Phi) is 3.14. The molecule has 4 nitrogen and oxygen atoms in total. The Bertz CT molecular complexity index is 608. The van der Waals surface area contributed by atoms with Crippen molar-refractivity contribution in [2.45, 2.75) is 18.8 Å². The average molecular weight is 326 g/mol. The van der Waals surface area contributed by atoms with Gasteiger partial charge in [-0.3, -0.25) is 0 Å². The summed E-state index contributed by atoms with van der Waals surface area (Å²) in [6.07, 6.45) is 0.974. The third kappa shape index (κ3) is 2.30. The highest BCUT2D eigenvalue weighted by Gasteiger charge is 2.36. The van der Waals surface area contributed by atoms with Gasteiger partial charge in [0, 0.05) is 12.1 Å². The minimum Gasteiger partial charge on any atom is -0.338 e. The van der Waals surface area contributed by atoms with E-state index in [1.54, 1.807) is 12.1 Å². The van der Waals surface area contributed by atoms with Crippen molar-refractivity contribution in [2.24, 2.45) is 0 Å². The van der Waals surface area contributed by atoms with Crippen LogP contribution in [-0.2, 0) is 5.41 Å². The maximum atomic E-state index is 13.2. The number of hydrogen-bond donors (Lipinski definition) is 1. The van der Waals surface area contributed by atoms with Crippen molar-refractivity contribution < 1.29 is 8.91 Å². The molecular formula is C13H13BrFN3O. The molecule has 3 rings (SSSR count). The Hall–Kier alpha value is -1.27. The third-order valence-corrected chi connectivity index (χ3v) is 4.10. The van der Waals surface area contributed by atoms with Crippen LogP contribution in [-0.4, -0.2) is 23.2 Å². The van der Waals surface area contributed by atoms with E-state index in [0.29, 0.717) is 16.2 Å². The summed E-state index contributed by atoms with van der Waals surface area (Å²) in [5, 5.41) is 7.28. The fourth-order valence-electron chi connectivity index (χ4n) is 2.22. The van der Waals surface area contributed by atoms with E-state index in [1.165, 1.54) is 6.07 Å². The van der Waals surface area contributed by atoms with Crippen LogP contribution in [0.2, 0.25) is 0 Å². The largest absolute Gasteiger partial charge is 0.338 e. The summed E-state index contributed by atoms with van der Waals surface area (Å²) in [6.45, 7) is 3.89. The fraction of sp³-hybridized carbons (Fsp3) is 0.385. The maximum Gasteiger partial charge on any atom is 0.234 e. The normalized spacial score (nSPS) is 22.9. The van der Waals surface area contributed by atoms with Crippen molar-refractivity contribution in [1.29, 1.82) is 0 Å². The minimum absolute atomic E-state index is 0.109. The summed E-state index contributed by atoms with van der Waals surface area (Å²) >= 11 is 3.16. The number of hydrogen-bond acceptors (Lipinski definition) is 4. The second-order valence-corrected chi connectivity index (χ2v) is 5.89. The van der Waals surface area contributed by atoms with E-state index in [4.69, 9.17) is 4.52 Å². The summed E-state index contributed by atoms with van der Waals surface area (Å²) in [5.74, 6) is 0.816. The fourth-order valence-corrected chi connectivity index (χ4v) is 2.60. The van der Waals surface area contributed by atoms with Gasteiger partial charge in [0.05, 0.1) is 9.89 Å². The van der Waals surface area contributed by atoms with Crippen molar-refractivity contribution in [1.82, 2.24) is 15.5 Å². The van der Waals surface area contributed by atoms with Gasteiger partial charge in [0.1, 0.15) is 5.82 Å². The molecule has 0 bridgehead atoms. The molecule has 1 fully saturated rings. The monoisotopic (exact) mass is 325 g/mol. The van der Waals surface area contributed by atoms with Crippen LogP contribution in [0.3, 0.4) is 0 Å². The highest BCUT2D eigenvalue weighted by atomic mass is 79.9. The summed E-state index contributed by atoms with van der Waals surface area (Å²) in [7, 11) is 0. The van der Waals surface area contributed by atoms with Crippen molar-refractivity contribution in [3.63, 3.8) is 0 Å². The van der Waals surface area contributed by atoms with Gasteiger partial charge in [-0.15, -0.1) is 0 Å². The van der Waals surface area contributed by atoms with Gasteiger partial charge in [-0.05, 0) is 54.0 Å². The SMILES string of the molecule is CC1(c2nc(-c3ccc(F)c(Br)c3)no2)CCNC1. The summed E-state index contributed by atoms with van der Waals surface area (Å²) in [5.41, 5.74) is 0.625. The van der Waals surface area contributed by atoms with Crippen LogP contribution in [0.1, 0.15) is 19.2 Å². The molecule has 1 atom stereocenters. The zero-order chi connectivity index (χ0) is 13.5. The molecule has 1 aliphatic heterocycles. The molecular weight excluding hydrogens is 313 g/mol. The molecule has 1 aliphatic rings. The molecule has 0 radical (unpaired) electrons. The van der Waals surface area contributed by atoms with E-state index in [0.717, 1.165) is 25.1 Å². The molecule has 1 N–H and O–H groups in total. The van der Waals surface area contributed by atoms with E-state index in [-0.39, 0.29) is 11.2 Å². The number of halogens is 2. The van der Waals surface area contributed by atoms with Gasteiger partial charge in [-0.1, -0.05) is 5.16 Å². The van der Waals surface area contributed by atoms with Crippen LogP contribution in [0.15, 0.2) is 27.2 Å². The van der Waals surface area contributed by atoms with E-state index in [2.05, 4.69) is 38.3 Å². The molecule has 1 aromatic heterocycles. The first-order valence-electron chi connectivity index (χ1n) is 6.09. The first-order valence-corrected chi connectivity index (χ1v) is 6.88. The smallest absolute Gasteiger partial charge is 0.234 e. The number of nitrogens with one attached hydrogen (secondary N) is 1. The van der Waals surface area contributed by atoms with Crippen LogP contribution in [0, 0.1) is 5.82 Å². The molecule has 1 saturated heterocycles. The zero-order valence-corrected chi connectivity index (χ0v) is 12.0. The second-order valence-electron chi connectivity index (χ2n) is 5.04. The highest BCUT2D eigenvalue weighted by molar-refractivity contribution is 9.10. The van der Waals surface area contributed by atoms with E-state index >= 15 is 0 Å². The lowest BCUT2D eigenvalue weighted by Crippen LogP contribution is -2.25.